The molecule has 1 atom stereocenters. The Bertz CT molecular complexity index is 1230. The fourth-order valence-corrected chi connectivity index (χ4v) is 3.50. The first kappa shape index (κ1) is 20.4. The van der Waals surface area contributed by atoms with Gasteiger partial charge in [-0.15, -0.1) is 0 Å². The van der Waals surface area contributed by atoms with Crippen molar-refractivity contribution in [1.29, 1.82) is 0 Å². The second-order valence-corrected chi connectivity index (χ2v) is 7.18. The Balaban J connectivity index is 1.66. The number of para-hydroxylation sites is 3. The number of aromatic amines is 1. The molecule has 0 bridgehead atoms. The van der Waals surface area contributed by atoms with Gasteiger partial charge in [-0.3, -0.25) is 19.4 Å². The first-order chi connectivity index (χ1) is 15.0. The number of anilines is 4. The first-order valence-corrected chi connectivity index (χ1v) is 9.73. The van der Waals surface area contributed by atoms with Gasteiger partial charge in [0, 0.05) is 6.42 Å². The van der Waals surface area contributed by atoms with Gasteiger partial charge in [0.05, 0.1) is 35.0 Å². The molecule has 0 saturated heterocycles. The van der Waals surface area contributed by atoms with Gasteiger partial charge in [-0.05, 0) is 24.3 Å². The number of carbonyl (C=O) groups excluding carboxylic acids is 2. The molecule has 10 heteroatoms. The average molecular weight is 440 g/mol. The maximum atomic E-state index is 12.9. The van der Waals surface area contributed by atoms with Gasteiger partial charge in [0.25, 0.3) is 5.56 Å². The van der Waals surface area contributed by atoms with E-state index >= 15 is 0 Å². The third-order valence-corrected chi connectivity index (χ3v) is 5.09. The van der Waals surface area contributed by atoms with Crippen LogP contribution in [0.5, 0.6) is 5.75 Å². The van der Waals surface area contributed by atoms with Gasteiger partial charge in [0.2, 0.25) is 17.8 Å². The number of carbonyl (C=O) groups is 2. The highest BCUT2D eigenvalue weighted by atomic mass is 35.5. The number of nitrogens with zero attached hydrogens (tertiary/aromatic N) is 1. The molecule has 2 heterocycles. The van der Waals surface area contributed by atoms with Crippen LogP contribution in [-0.2, 0) is 9.59 Å². The number of hydrogen-bond acceptors (Lipinski definition) is 6. The molecule has 1 aliphatic heterocycles. The van der Waals surface area contributed by atoms with E-state index < -0.39 is 23.3 Å². The second-order valence-electron chi connectivity index (χ2n) is 6.78. The molecule has 2 amide bonds. The Morgan fingerprint density at radius 1 is 1.13 bits per heavy atom. The van der Waals surface area contributed by atoms with Crippen LogP contribution < -0.4 is 26.2 Å². The van der Waals surface area contributed by atoms with Crippen molar-refractivity contribution in [2.45, 2.75) is 12.3 Å². The number of methoxy groups -OCH3 is 1. The van der Waals surface area contributed by atoms with Crippen LogP contribution in [0.2, 0.25) is 5.02 Å². The summed E-state index contributed by atoms with van der Waals surface area (Å²) in [7, 11) is 1.52. The molecule has 1 unspecified atom stereocenters. The number of nitrogens with one attached hydrogen (secondary N) is 4. The van der Waals surface area contributed by atoms with E-state index in [9.17, 15) is 14.4 Å². The summed E-state index contributed by atoms with van der Waals surface area (Å²) in [6.45, 7) is 0. The molecule has 1 aliphatic rings. The highest BCUT2D eigenvalue weighted by Gasteiger charge is 2.35. The Morgan fingerprint density at radius 2 is 1.84 bits per heavy atom. The lowest BCUT2D eigenvalue weighted by Crippen LogP contribution is -2.36. The summed E-state index contributed by atoms with van der Waals surface area (Å²) < 4.78 is 5.28. The third-order valence-electron chi connectivity index (χ3n) is 4.76. The van der Waals surface area contributed by atoms with Crippen molar-refractivity contribution in [3.8, 4) is 5.75 Å². The molecular weight excluding hydrogens is 422 g/mol. The largest absolute Gasteiger partial charge is 0.495 e. The molecule has 0 aliphatic carbocycles. The van der Waals surface area contributed by atoms with E-state index in [4.69, 9.17) is 16.3 Å². The van der Waals surface area contributed by atoms with Crippen LogP contribution in [0, 0.1) is 0 Å². The van der Waals surface area contributed by atoms with Gasteiger partial charge in [0.15, 0.2) is 0 Å². The van der Waals surface area contributed by atoms with Gasteiger partial charge in [-0.2, -0.15) is 4.98 Å². The Kier molecular flexibility index (Phi) is 5.59. The van der Waals surface area contributed by atoms with Crippen LogP contribution >= 0.6 is 11.6 Å². The van der Waals surface area contributed by atoms with Crippen molar-refractivity contribution >= 4 is 46.6 Å². The predicted octanol–water partition coefficient (Wildman–Crippen LogP) is 3.24. The Hall–Kier alpha value is -3.85. The molecule has 2 aromatic carbocycles. The molecule has 158 valence electrons. The van der Waals surface area contributed by atoms with Crippen molar-refractivity contribution in [1.82, 2.24) is 9.97 Å². The zero-order valence-corrected chi connectivity index (χ0v) is 17.1. The van der Waals surface area contributed by atoms with Crippen molar-refractivity contribution < 1.29 is 14.3 Å². The number of ether oxygens (including phenoxy) is 1. The molecule has 0 saturated carbocycles. The van der Waals surface area contributed by atoms with Crippen molar-refractivity contribution in [3.63, 3.8) is 0 Å². The van der Waals surface area contributed by atoms with Crippen LogP contribution in [0.15, 0.2) is 53.3 Å². The number of amides is 2. The Labute approximate surface area is 181 Å². The Morgan fingerprint density at radius 3 is 2.58 bits per heavy atom. The summed E-state index contributed by atoms with van der Waals surface area (Å²) in [5.41, 5.74) is 0.500. The molecule has 4 rings (SSSR count). The maximum Gasteiger partial charge on any atom is 0.258 e. The molecule has 3 aromatic rings. The van der Waals surface area contributed by atoms with Crippen LogP contribution in [-0.4, -0.2) is 28.9 Å². The minimum absolute atomic E-state index is 0.0247. The van der Waals surface area contributed by atoms with Crippen LogP contribution in [0.4, 0.5) is 23.1 Å². The number of halogens is 1. The number of hydrogen-bond donors (Lipinski definition) is 4. The highest BCUT2D eigenvalue weighted by Crippen LogP contribution is 2.32. The number of rotatable bonds is 5. The minimum atomic E-state index is -1.02. The topological polar surface area (TPSA) is 125 Å². The molecular formula is C21H18ClN5O4. The molecule has 0 radical (unpaired) electrons. The monoisotopic (exact) mass is 439 g/mol. The van der Waals surface area contributed by atoms with Crippen LogP contribution in [0.3, 0.4) is 0 Å². The first-order valence-electron chi connectivity index (χ1n) is 9.35. The lowest BCUT2D eigenvalue weighted by Gasteiger charge is -2.24. The maximum absolute atomic E-state index is 12.9. The number of aromatic nitrogens is 2. The minimum Gasteiger partial charge on any atom is -0.495 e. The van der Waals surface area contributed by atoms with Gasteiger partial charge < -0.3 is 20.7 Å². The summed E-state index contributed by atoms with van der Waals surface area (Å²) in [5.74, 6) is -1.30. The fourth-order valence-electron chi connectivity index (χ4n) is 3.31. The molecule has 4 N–H and O–H groups in total. The molecule has 9 nitrogen and oxygen atoms in total. The average Bonchev–Trinajstić information content (AvgIpc) is 2.74. The lowest BCUT2D eigenvalue weighted by molar-refractivity contribution is -0.123. The zero-order chi connectivity index (χ0) is 22.0. The molecule has 0 spiro atoms. The summed E-state index contributed by atoms with van der Waals surface area (Å²) in [4.78, 5) is 44.9. The number of fused-ring (bicyclic) bond motifs is 1. The normalized spacial score (nSPS) is 14.9. The van der Waals surface area contributed by atoms with E-state index in [0.29, 0.717) is 22.1 Å². The van der Waals surface area contributed by atoms with E-state index in [0.717, 1.165) is 0 Å². The zero-order valence-electron chi connectivity index (χ0n) is 16.4. The number of H-pyrrole nitrogens is 1. The second kappa shape index (κ2) is 8.49. The van der Waals surface area contributed by atoms with Gasteiger partial charge >= 0.3 is 0 Å². The van der Waals surface area contributed by atoms with Crippen molar-refractivity contribution in [3.05, 3.63) is 69.5 Å². The molecule has 31 heavy (non-hydrogen) atoms. The van der Waals surface area contributed by atoms with Crippen molar-refractivity contribution in [2.75, 3.05) is 23.1 Å². The number of benzene rings is 2. The van der Waals surface area contributed by atoms with E-state index in [1.54, 1.807) is 48.5 Å². The quantitative estimate of drug-likeness (QED) is 0.483. The van der Waals surface area contributed by atoms with Crippen LogP contribution in [0.1, 0.15) is 17.9 Å². The molecule has 1 aromatic heterocycles. The van der Waals surface area contributed by atoms with Gasteiger partial charge in [0.1, 0.15) is 11.6 Å². The fraction of sp³-hybridized carbons (Fsp3) is 0.143. The summed E-state index contributed by atoms with van der Waals surface area (Å²) >= 11 is 6.10. The van der Waals surface area contributed by atoms with E-state index in [1.807, 2.05) is 0 Å². The van der Waals surface area contributed by atoms with Crippen molar-refractivity contribution in [2.24, 2.45) is 0 Å². The third kappa shape index (κ3) is 4.22. The van der Waals surface area contributed by atoms with E-state index in [2.05, 4.69) is 25.9 Å². The van der Waals surface area contributed by atoms with Gasteiger partial charge in [-0.1, -0.05) is 35.9 Å². The summed E-state index contributed by atoms with van der Waals surface area (Å²) in [6, 6.07) is 13.8. The predicted molar refractivity (Wildman–Crippen MR) is 117 cm³/mol. The SMILES string of the molecule is COc1ccccc1Nc1nc2c(c(=O)[nH]1)C(C(=O)Nc1ccccc1Cl)CC(=O)N2. The molecule has 0 fully saturated rings. The lowest BCUT2D eigenvalue weighted by atomic mass is 9.92. The highest BCUT2D eigenvalue weighted by molar-refractivity contribution is 6.33. The summed E-state index contributed by atoms with van der Waals surface area (Å²) in [6.07, 6.45) is -0.187. The van der Waals surface area contributed by atoms with E-state index in [-0.39, 0.29) is 23.8 Å². The van der Waals surface area contributed by atoms with E-state index in [1.165, 1.54) is 7.11 Å². The standard InChI is InChI=1S/C21H18ClN5O4/c1-31-15-9-5-4-8-14(15)24-21-26-18-17(20(30)27-21)11(10-16(28)25-18)19(29)23-13-7-3-2-6-12(13)22/h2-9,11H,10H2,1H3,(H,23,29)(H3,24,25,26,27,28,30). The van der Waals surface area contributed by atoms with Gasteiger partial charge in [-0.25, -0.2) is 0 Å². The smallest absolute Gasteiger partial charge is 0.258 e. The van der Waals surface area contributed by atoms with Crippen LogP contribution in [0.25, 0.3) is 0 Å². The summed E-state index contributed by atoms with van der Waals surface area (Å²) in [5, 5.41) is 8.55.